The second-order valence-corrected chi connectivity index (χ2v) is 1.71. The highest BCUT2D eigenvalue weighted by atomic mass is 15.5. The lowest BCUT2D eigenvalue weighted by molar-refractivity contribution is 0.222. The van der Waals surface area contributed by atoms with E-state index in [1.54, 1.807) is 0 Å². The first-order valence-corrected chi connectivity index (χ1v) is 3.27. The van der Waals surface area contributed by atoms with Crippen molar-refractivity contribution in [3.8, 4) is 12.3 Å². The summed E-state index contributed by atoms with van der Waals surface area (Å²) in [5, 5.41) is 2.07. The van der Waals surface area contributed by atoms with E-state index in [1.807, 2.05) is 0 Å². The van der Waals surface area contributed by atoms with Crippen LogP contribution in [-0.2, 0) is 0 Å². The summed E-state index contributed by atoms with van der Waals surface area (Å²) < 4.78 is 0. The van der Waals surface area contributed by atoms with Crippen LogP contribution in [0.5, 0.6) is 0 Å². The van der Waals surface area contributed by atoms with E-state index >= 15 is 0 Å². The fourth-order valence-corrected chi connectivity index (χ4v) is 0.605. The van der Waals surface area contributed by atoms with Gasteiger partial charge in [-0.25, -0.2) is 10.4 Å². The summed E-state index contributed by atoms with van der Waals surface area (Å²) in [5.41, 5.74) is 3.07. The molecule has 0 aromatic heterocycles. The van der Waals surface area contributed by atoms with Crippen molar-refractivity contribution in [1.82, 2.24) is 10.4 Å². The van der Waals surface area contributed by atoms with Crippen LogP contribution in [-0.4, -0.2) is 24.6 Å². The summed E-state index contributed by atoms with van der Waals surface area (Å²) in [4.78, 5) is 0. The average Bonchev–Trinajstić information content (AvgIpc) is 1.91. The summed E-state index contributed by atoms with van der Waals surface area (Å²) in [6, 6.07) is 0. The molecular weight excluding hydrogens is 112 g/mol. The molecular formula is C7H14N2. The van der Waals surface area contributed by atoms with Crippen LogP contribution in [0, 0.1) is 12.3 Å². The molecule has 0 saturated heterocycles. The smallest absolute Gasteiger partial charge is 0.0711 e. The van der Waals surface area contributed by atoms with Gasteiger partial charge in [-0.3, -0.25) is 0 Å². The van der Waals surface area contributed by atoms with Gasteiger partial charge in [-0.15, -0.1) is 6.42 Å². The summed E-state index contributed by atoms with van der Waals surface area (Å²) in [6.07, 6.45) is 5.05. The third-order valence-electron chi connectivity index (χ3n) is 1.17. The fraction of sp³-hybridized carbons (Fsp3) is 0.714. The SMILES string of the molecule is C#CCNN(CC)CC. The van der Waals surface area contributed by atoms with E-state index in [0.717, 1.165) is 13.1 Å². The maximum Gasteiger partial charge on any atom is 0.0711 e. The van der Waals surface area contributed by atoms with Crippen LogP contribution in [0.1, 0.15) is 13.8 Å². The number of hydrogen-bond donors (Lipinski definition) is 1. The maximum atomic E-state index is 5.05. The van der Waals surface area contributed by atoms with Gasteiger partial charge in [-0.2, -0.15) is 0 Å². The van der Waals surface area contributed by atoms with Crippen molar-refractivity contribution in [3.05, 3.63) is 0 Å². The number of hydrazine groups is 1. The van der Waals surface area contributed by atoms with Crippen molar-refractivity contribution in [2.75, 3.05) is 19.6 Å². The summed E-state index contributed by atoms with van der Waals surface area (Å²) in [7, 11) is 0. The minimum Gasteiger partial charge on any atom is -0.244 e. The Hall–Kier alpha value is -0.520. The molecule has 2 heteroatoms. The van der Waals surface area contributed by atoms with Crippen LogP contribution in [0.4, 0.5) is 0 Å². The standard InChI is InChI=1S/C7H14N2/c1-4-7-8-9(5-2)6-3/h1,8H,5-7H2,2-3H3. The Bertz CT molecular complexity index is 89.6. The lowest BCUT2D eigenvalue weighted by Gasteiger charge is -2.16. The van der Waals surface area contributed by atoms with Gasteiger partial charge in [0.2, 0.25) is 0 Å². The van der Waals surface area contributed by atoms with Crippen molar-refractivity contribution in [2.45, 2.75) is 13.8 Å². The van der Waals surface area contributed by atoms with Crippen LogP contribution >= 0.6 is 0 Å². The quantitative estimate of drug-likeness (QED) is 0.435. The molecule has 0 amide bonds. The Morgan fingerprint density at radius 3 is 2.33 bits per heavy atom. The maximum absolute atomic E-state index is 5.05. The topological polar surface area (TPSA) is 15.3 Å². The Labute approximate surface area is 57.2 Å². The summed E-state index contributed by atoms with van der Waals surface area (Å²) in [6.45, 7) is 6.80. The van der Waals surface area contributed by atoms with E-state index in [-0.39, 0.29) is 0 Å². The zero-order chi connectivity index (χ0) is 7.11. The van der Waals surface area contributed by atoms with Gasteiger partial charge in [0.15, 0.2) is 0 Å². The highest BCUT2D eigenvalue weighted by Crippen LogP contribution is 1.76. The zero-order valence-corrected chi connectivity index (χ0v) is 6.15. The van der Waals surface area contributed by atoms with E-state index in [9.17, 15) is 0 Å². The molecule has 0 aliphatic rings. The molecule has 0 saturated carbocycles. The third kappa shape index (κ3) is 4.01. The minimum atomic E-state index is 0.627. The predicted octanol–water partition coefficient (Wildman–Crippen LogP) is 0.466. The van der Waals surface area contributed by atoms with Gasteiger partial charge in [0.05, 0.1) is 6.54 Å². The Balaban J connectivity index is 3.22. The molecule has 0 aliphatic carbocycles. The fourth-order valence-electron chi connectivity index (χ4n) is 0.605. The first-order valence-electron chi connectivity index (χ1n) is 3.27. The molecule has 0 aromatic carbocycles. The minimum absolute atomic E-state index is 0.627. The number of terminal acetylenes is 1. The Morgan fingerprint density at radius 2 is 2.00 bits per heavy atom. The molecule has 0 unspecified atom stereocenters. The first-order chi connectivity index (χ1) is 4.35. The van der Waals surface area contributed by atoms with Crippen LogP contribution in [0.3, 0.4) is 0 Å². The highest BCUT2D eigenvalue weighted by molar-refractivity contribution is 4.85. The van der Waals surface area contributed by atoms with Crippen LogP contribution < -0.4 is 5.43 Å². The van der Waals surface area contributed by atoms with Gasteiger partial charge < -0.3 is 0 Å². The van der Waals surface area contributed by atoms with Gasteiger partial charge >= 0.3 is 0 Å². The first kappa shape index (κ1) is 8.48. The lowest BCUT2D eigenvalue weighted by Crippen LogP contribution is -2.37. The second kappa shape index (κ2) is 5.61. The van der Waals surface area contributed by atoms with Gasteiger partial charge in [-0.05, 0) is 0 Å². The number of rotatable bonds is 4. The molecule has 52 valence electrons. The normalized spacial score (nSPS) is 9.56. The highest BCUT2D eigenvalue weighted by Gasteiger charge is 1.92. The molecule has 1 N–H and O–H groups in total. The van der Waals surface area contributed by atoms with Crippen molar-refractivity contribution in [1.29, 1.82) is 0 Å². The van der Waals surface area contributed by atoms with E-state index in [4.69, 9.17) is 6.42 Å². The van der Waals surface area contributed by atoms with E-state index in [2.05, 4.69) is 30.2 Å². The molecule has 0 fully saturated rings. The van der Waals surface area contributed by atoms with Gasteiger partial charge in [0, 0.05) is 13.1 Å². The van der Waals surface area contributed by atoms with Crippen molar-refractivity contribution in [3.63, 3.8) is 0 Å². The third-order valence-corrected chi connectivity index (χ3v) is 1.17. The predicted molar refractivity (Wildman–Crippen MR) is 39.8 cm³/mol. The largest absolute Gasteiger partial charge is 0.244 e. The monoisotopic (exact) mass is 126 g/mol. The molecule has 0 spiro atoms. The number of nitrogens with zero attached hydrogens (tertiary/aromatic N) is 1. The molecule has 0 heterocycles. The molecule has 2 nitrogen and oxygen atoms in total. The van der Waals surface area contributed by atoms with E-state index < -0.39 is 0 Å². The summed E-state index contributed by atoms with van der Waals surface area (Å²) in [5.74, 6) is 2.51. The Morgan fingerprint density at radius 1 is 1.44 bits per heavy atom. The second-order valence-electron chi connectivity index (χ2n) is 1.71. The lowest BCUT2D eigenvalue weighted by atomic mass is 10.6. The van der Waals surface area contributed by atoms with Gasteiger partial charge in [-0.1, -0.05) is 19.8 Å². The van der Waals surface area contributed by atoms with Crippen molar-refractivity contribution >= 4 is 0 Å². The van der Waals surface area contributed by atoms with Crippen LogP contribution in [0.2, 0.25) is 0 Å². The van der Waals surface area contributed by atoms with E-state index in [1.165, 1.54) is 0 Å². The Kier molecular flexibility index (Phi) is 5.29. The molecule has 0 atom stereocenters. The number of hydrogen-bond acceptors (Lipinski definition) is 2. The van der Waals surface area contributed by atoms with Crippen LogP contribution in [0.25, 0.3) is 0 Å². The van der Waals surface area contributed by atoms with Crippen molar-refractivity contribution in [2.24, 2.45) is 0 Å². The molecule has 0 radical (unpaired) electrons. The molecule has 9 heavy (non-hydrogen) atoms. The summed E-state index contributed by atoms with van der Waals surface area (Å²) >= 11 is 0. The van der Waals surface area contributed by atoms with Gasteiger partial charge in [0.25, 0.3) is 0 Å². The molecule has 0 rings (SSSR count). The van der Waals surface area contributed by atoms with Crippen LogP contribution in [0.15, 0.2) is 0 Å². The molecule has 0 bridgehead atoms. The molecule has 0 aliphatic heterocycles. The average molecular weight is 126 g/mol. The zero-order valence-electron chi connectivity index (χ0n) is 6.15. The molecule has 0 aromatic rings. The van der Waals surface area contributed by atoms with Gasteiger partial charge in [0.1, 0.15) is 0 Å². The van der Waals surface area contributed by atoms with Crippen molar-refractivity contribution < 1.29 is 0 Å². The number of nitrogens with one attached hydrogen (secondary N) is 1. The van der Waals surface area contributed by atoms with E-state index in [0.29, 0.717) is 6.54 Å².